The van der Waals surface area contributed by atoms with Gasteiger partial charge in [0, 0.05) is 36.2 Å². The summed E-state index contributed by atoms with van der Waals surface area (Å²) in [4.78, 5) is 39.2. The maximum absolute atomic E-state index is 13.0. The van der Waals surface area contributed by atoms with Gasteiger partial charge in [0.1, 0.15) is 11.6 Å². The predicted octanol–water partition coefficient (Wildman–Crippen LogP) is 3.98. The smallest absolute Gasteiger partial charge is 0.228 e. The summed E-state index contributed by atoms with van der Waals surface area (Å²) in [6.07, 6.45) is 3.40. The van der Waals surface area contributed by atoms with Crippen LogP contribution >= 0.6 is 0 Å². The second kappa shape index (κ2) is 9.27. The van der Waals surface area contributed by atoms with Gasteiger partial charge in [-0.3, -0.25) is 14.5 Å². The van der Waals surface area contributed by atoms with E-state index in [9.17, 15) is 9.59 Å². The standard InChI is InChI=1S/C25H32N4O3/c1-16(2)14-23(31)28-13-7-9-20(28)24-26-17(3)19-11-12-22(30)29(25(19)27-24)15-18-8-5-6-10-21(18)32-4/h5-6,8,10,16,20H,7,9,11-15H2,1-4H3/t20-/m0/s1. The fourth-order valence-electron chi connectivity index (χ4n) is 4.72. The Balaban J connectivity index is 1.69. The number of likely N-dealkylation sites (tertiary alicyclic amines) is 1. The Bertz CT molecular complexity index is 1020. The maximum atomic E-state index is 13.0. The van der Waals surface area contributed by atoms with Crippen LogP contribution in [0.15, 0.2) is 24.3 Å². The van der Waals surface area contributed by atoms with Crippen molar-refractivity contribution in [1.82, 2.24) is 14.9 Å². The van der Waals surface area contributed by atoms with Crippen LogP contribution in [0.4, 0.5) is 5.82 Å². The molecule has 7 heteroatoms. The summed E-state index contributed by atoms with van der Waals surface area (Å²) in [5.74, 6) is 2.59. The minimum atomic E-state index is -0.129. The topological polar surface area (TPSA) is 75.6 Å². The van der Waals surface area contributed by atoms with E-state index in [1.165, 1.54) is 0 Å². The molecule has 0 spiro atoms. The molecule has 0 N–H and O–H groups in total. The normalized spacial score (nSPS) is 18.3. The first kappa shape index (κ1) is 22.2. The van der Waals surface area contributed by atoms with E-state index < -0.39 is 0 Å². The van der Waals surface area contributed by atoms with E-state index in [1.54, 1.807) is 12.0 Å². The van der Waals surface area contributed by atoms with Crippen LogP contribution < -0.4 is 9.64 Å². The summed E-state index contributed by atoms with van der Waals surface area (Å²) in [5, 5.41) is 0. The van der Waals surface area contributed by atoms with Crippen molar-refractivity contribution in [2.75, 3.05) is 18.6 Å². The lowest BCUT2D eigenvalue weighted by molar-refractivity contribution is -0.133. The number of aryl methyl sites for hydroxylation is 1. The molecule has 1 fully saturated rings. The van der Waals surface area contributed by atoms with Gasteiger partial charge in [-0.1, -0.05) is 32.0 Å². The molecule has 0 saturated carbocycles. The van der Waals surface area contributed by atoms with Crippen LogP contribution in [0.1, 0.15) is 68.2 Å². The molecule has 0 radical (unpaired) electrons. The summed E-state index contributed by atoms with van der Waals surface area (Å²) in [7, 11) is 1.64. The summed E-state index contributed by atoms with van der Waals surface area (Å²) in [5.41, 5.74) is 2.84. The maximum Gasteiger partial charge on any atom is 0.228 e. The number of rotatable bonds is 6. The molecule has 0 unspecified atom stereocenters. The Morgan fingerprint density at radius 1 is 1.22 bits per heavy atom. The first-order valence-electron chi connectivity index (χ1n) is 11.5. The molecule has 1 atom stereocenters. The molecule has 2 amide bonds. The lowest BCUT2D eigenvalue weighted by Crippen LogP contribution is -2.37. The van der Waals surface area contributed by atoms with Crippen molar-refractivity contribution in [3.8, 4) is 5.75 Å². The highest BCUT2D eigenvalue weighted by molar-refractivity contribution is 5.95. The zero-order valence-electron chi connectivity index (χ0n) is 19.4. The van der Waals surface area contributed by atoms with Gasteiger partial charge in [-0.2, -0.15) is 0 Å². The highest BCUT2D eigenvalue weighted by Crippen LogP contribution is 2.36. The van der Waals surface area contributed by atoms with E-state index in [0.29, 0.717) is 43.4 Å². The van der Waals surface area contributed by atoms with Gasteiger partial charge < -0.3 is 9.64 Å². The van der Waals surface area contributed by atoms with Crippen LogP contribution in [0, 0.1) is 12.8 Å². The molecule has 1 saturated heterocycles. The number of anilines is 1. The van der Waals surface area contributed by atoms with Gasteiger partial charge >= 0.3 is 0 Å². The highest BCUT2D eigenvalue weighted by atomic mass is 16.5. The van der Waals surface area contributed by atoms with E-state index in [4.69, 9.17) is 14.7 Å². The van der Waals surface area contributed by atoms with Crippen LogP contribution in [0.3, 0.4) is 0 Å². The second-order valence-electron chi connectivity index (χ2n) is 9.10. The molecule has 170 valence electrons. The SMILES string of the molecule is COc1ccccc1CN1C(=O)CCc2c(C)nc([C@@H]3CCCN3C(=O)CC(C)C)nc21. The van der Waals surface area contributed by atoms with Gasteiger partial charge in [-0.05, 0) is 38.2 Å². The highest BCUT2D eigenvalue weighted by Gasteiger charge is 2.35. The van der Waals surface area contributed by atoms with Crippen LogP contribution in [-0.4, -0.2) is 40.3 Å². The van der Waals surface area contributed by atoms with Gasteiger partial charge in [0.05, 0.1) is 19.7 Å². The summed E-state index contributed by atoms with van der Waals surface area (Å²) in [6.45, 7) is 7.23. The van der Waals surface area contributed by atoms with Crippen molar-refractivity contribution in [2.24, 2.45) is 5.92 Å². The Hall–Kier alpha value is -2.96. The number of aromatic nitrogens is 2. The monoisotopic (exact) mass is 436 g/mol. The van der Waals surface area contributed by atoms with E-state index in [1.807, 2.05) is 36.1 Å². The van der Waals surface area contributed by atoms with Gasteiger partial charge in [-0.25, -0.2) is 9.97 Å². The third kappa shape index (κ3) is 4.33. The van der Waals surface area contributed by atoms with E-state index in [0.717, 1.165) is 42.0 Å². The Kier molecular flexibility index (Phi) is 6.44. The van der Waals surface area contributed by atoms with Crippen molar-refractivity contribution in [1.29, 1.82) is 0 Å². The zero-order valence-corrected chi connectivity index (χ0v) is 19.4. The van der Waals surface area contributed by atoms with Crippen molar-refractivity contribution >= 4 is 17.6 Å². The number of carbonyl (C=O) groups excluding carboxylic acids is 2. The molecule has 32 heavy (non-hydrogen) atoms. The first-order valence-corrected chi connectivity index (χ1v) is 11.5. The number of hydrogen-bond donors (Lipinski definition) is 0. The number of fused-ring (bicyclic) bond motifs is 1. The largest absolute Gasteiger partial charge is 0.496 e. The third-order valence-electron chi connectivity index (χ3n) is 6.33. The quantitative estimate of drug-likeness (QED) is 0.685. The molecule has 7 nitrogen and oxygen atoms in total. The van der Waals surface area contributed by atoms with E-state index >= 15 is 0 Å². The Morgan fingerprint density at radius 3 is 2.75 bits per heavy atom. The van der Waals surface area contributed by atoms with E-state index in [-0.39, 0.29) is 17.9 Å². The van der Waals surface area contributed by atoms with Gasteiger partial charge in [0.15, 0.2) is 5.82 Å². The second-order valence-corrected chi connectivity index (χ2v) is 9.10. The van der Waals surface area contributed by atoms with Crippen LogP contribution in [-0.2, 0) is 22.6 Å². The van der Waals surface area contributed by atoms with Gasteiger partial charge in [-0.15, -0.1) is 0 Å². The average molecular weight is 437 g/mol. The molecule has 2 aromatic rings. The number of benzene rings is 1. The Morgan fingerprint density at radius 2 is 2.00 bits per heavy atom. The van der Waals surface area contributed by atoms with Crippen molar-refractivity contribution in [3.63, 3.8) is 0 Å². The lowest BCUT2D eigenvalue weighted by Gasteiger charge is -2.31. The molecular formula is C25H32N4O3. The number of ether oxygens (including phenoxy) is 1. The fraction of sp³-hybridized carbons (Fsp3) is 0.520. The van der Waals surface area contributed by atoms with Gasteiger partial charge in [0.25, 0.3) is 0 Å². The van der Waals surface area contributed by atoms with Gasteiger partial charge in [0.2, 0.25) is 11.8 Å². The molecule has 2 aliphatic rings. The average Bonchev–Trinajstić information content (AvgIpc) is 3.25. The summed E-state index contributed by atoms with van der Waals surface area (Å²) in [6, 6.07) is 7.61. The van der Waals surface area contributed by atoms with Crippen LogP contribution in [0.5, 0.6) is 5.75 Å². The van der Waals surface area contributed by atoms with E-state index in [2.05, 4.69) is 13.8 Å². The molecule has 3 heterocycles. The van der Waals surface area contributed by atoms with Crippen molar-refractivity contribution < 1.29 is 14.3 Å². The molecule has 0 bridgehead atoms. The molecule has 2 aliphatic heterocycles. The Labute approximate surface area is 189 Å². The molecule has 4 rings (SSSR count). The summed E-state index contributed by atoms with van der Waals surface area (Å²) < 4.78 is 5.50. The predicted molar refractivity (Wildman–Crippen MR) is 122 cm³/mol. The number of amides is 2. The number of nitrogens with zero attached hydrogens (tertiary/aromatic N) is 4. The molecule has 0 aliphatic carbocycles. The van der Waals surface area contributed by atoms with Crippen molar-refractivity contribution in [2.45, 2.75) is 65.5 Å². The molecule has 1 aromatic carbocycles. The minimum absolute atomic E-state index is 0.0478. The molecule has 1 aromatic heterocycles. The minimum Gasteiger partial charge on any atom is -0.496 e. The first-order chi connectivity index (χ1) is 15.4. The zero-order chi connectivity index (χ0) is 22.8. The number of para-hydroxylation sites is 1. The number of hydrogen-bond acceptors (Lipinski definition) is 5. The number of carbonyl (C=O) groups is 2. The van der Waals surface area contributed by atoms with Crippen molar-refractivity contribution in [3.05, 3.63) is 46.9 Å². The lowest BCUT2D eigenvalue weighted by atomic mass is 10.0. The van der Waals surface area contributed by atoms with Crippen LogP contribution in [0.25, 0.3) is 0 Å². The molecular weight excluding hydrogens is 404 g/mol. The van der Waals surface area contributed by atoms with Crippen LogP contribution in [0.2, 0.25) is 0 Å². The number of methoxy groups -OCH3 is 1. The fourth-order valence-corrected chi connectivity index (χ4v) is 4.72. The summed E-state index contributed by atoms with van der Waals surface area (Å²) >= 11 is 0. The third-order valence-corrected chi connectivity index (χ3v) is 6.33.